The first-order valence-corrected chi connectivity index (χ1v) is 8.68. The lowest BCUT2D eigenvalue weighted by atomic mass is 10.1. The molecular formula is C20H21N3O2. The van der Waals surface area contributed by atoms with E-state index in [2.05, 4.69) is 22.3 Å². The Morgan fingerprint density at radius 3 is 2.52 bits per heavy atom. The maximum absolute atomic E-state index is 12.6. The van der Waals surface area contributed by atoms with Gasteiger partial charge in [0.2, 0.25) is 11.8 Å². The van der Waals surface area contributed by atoms with Crippen LogP contribution in [-0.2, 0) is 22.4 Å². The highest BCUT2D eigenvalue weighted by Gasteiger charge is 2.22. The molecule has 0 aliphatic carbocycles. The van der Waals surface area contributed by atoms with E-state index >= 15 is 0 Å². The van der Waals surface area contributed by atoms with E-state index in [1.54, 1.807) is 0 Å². The molecular weight excluding hydrogens is 314 g/mol. The number of rotatable bonds is 3. The summed E-state index contributed by atoms with van der Waals surface area (Å²) in [5, 5.41) is 2.82. The van der Waals surface area contributed by atoms with Crippen LogP contribution in [0.2, 0.25) is 0 Å². The summed E-state index contributed by atoms with van der Waals surface area (Å²) >= 11 is 0. The molecule has 0 spiro atoms. The van der Waals surface area contributed by atoms with Crippen LogP contribution in [0.5, 0.6) is 0 Å². The molecule has 0 unspecified atom stereocenters. The molecule has 5 heteroatoms. The number of anilines is 2. The van der Waals surface area contributed by atoms with Crippen molar-refractivity contribution >= 4 is 23.2 Å². The molecule has 0 atom stereocenters. The van der Waals surface area contributed by atoms with Crippen LogP contribution in [0.3, 0.4) is 0 Å². The van der Waals surface area contributed by atoms with E-state index in [1.807, 2.05) is 41.3 Å². The molecule has 1 saturated heterocycles. The Hall–Kier alpha value is -2.82. The fraction of sp³-hybridized carbons (Fsp3) is 0.300. The first-order valence-electron chi connectivity index (χ1n) is 8.68. The van der Waals surface area contributed by atoms with Gasteiger partial charge in [-0.05, 0) is 29.3 Å². The minimum atomic E-state index is 0.0236. The van der Waals surface area contributed by atoms with Crippen LogP contribution in [0.15, 0.2) is 48.5 Å². The van der Waals surface area contributed by atoms with Gasteiger partial charge in [0.1, 0.15) is 0 Å². The van der Waals surface area contributed by atoms with Gasteiger partial charge in [-0.2, -0.15) is 0 Å². The van der Waals surface area contributed by atoms with Crippen LogP contribution < -0.4 is 10.2 Å². The number of benzene rings is 2. The van der Waals surface area contributed by atoms with E-state index < -0.39 is 0 Å². The van der Waals surface area contributed by atoms with Gasteiger partial charge in [0.25, 0.3) is 0 Å². The molecule has 0 radical (unpaired) electrons. The van der Waals surface area contributed by atoms with Crippen molar-refractivity contribution in [2.75, 3.05) is 36.4 Å². The lowest BCUT2D eigenvalue weighted by Crippen LogP contribution is -2.49. The zero-order chi connectivity index (χ0) is 17.2. The summed E-state index contributed by atoms with van der Waals surface area (Å²) in [4.78, 5) is 28.3. The van der Waals surface area contributed by atoms with Gasteiger partial charge in [-0.25, -0.2) is 0 Å². The van der Waals surface area contributed by atoms with E-state index in [9.17, 15) is 9.59 Å². The number of carbonyl (C=O) groups is 2. The highest BCUT2D eigenvalue weighted by atomic mass is 16.2. The summed E-state index contributed by atoms with van der Waals surface area (Å²) in [5.74, 6) is 0.181. The van der Waals surface area contributed by atoms with Crippen molar-refractivity contribution in [3.63, 3.8) is 0 Å². The second kappa shape index (κ2) is 6.59. The van der Waals surface area contributed by atoms with E-state index in [4.69, 9.17) is 0 Å². The van der Waals surface area contributed by atoms with Gasteiger partial charge >= 0.3 is 0 Å². The van der Waals surface area contributed by atoms with Crippen molar-refractivity contribution in [1.82, 2.24) is 4.90 Å². The Morgan fingerprint density at radius 1 is 1.00 bits per heavy atom. The van der Waals surface area contributed by atoms with Crippen LogP contribution in [0.1, 0.15) is 11.1 Å². The van der Waals surface area contributed by atoms with Gasteiger partial charge in [0.05, 0.1) is 12.8 Å². The molecule has 2 aliphatic rings. The molecule has 128 valence electrons. The van der Waals surface area contributed by atoms with E-state index in [1.165, 1.54) is 5.69 Å². The lowest BCUT2D eigenvalue weighted by molar-refractivity contribution is -0.130. The van der Waals surface area contributed by atoms with Crippen LogP contribution in [0, 0.1) is 0 Å². The molecule has 2 amide bonds. The standard InChI is InChI=1S/C20H21N3O2/c24-19-14-16-12-15(6-7-18(16)21-19)13-20(25)23-10-8-22(9-11-23)17-4-2-1-3-5-17/h1-7,12H,8-11,13-14H2,(H,21,24). The summed E-state index contributed by atoms with van der Waals surface area (Å²) in [6, 6.07) is 16.1. The van der Waals surface area contributed by atoms with E-state index in [0.717, 1.165) is 43.0 Å². The average molecular weight is 335 g/mol. The van der Waals surface area contributed by atoms with Crippen molar-refractivity contribution in [3.8, 4) is 0 Å². The molecule has 0 saturated carbocycles. The van der Waals surface area contributed by atoms with Crippen LogP contribution in [0.25, 0.3) is 0 Å². The van der Waals surface area contributed by atoms with Crippen LogP contribution in [-0.4, -0.2) is 42.9 Å². The molecule has 1 N–H and O–H groups in total. The monoisotopic (exact) mass is 335 g/mol. The highest BCUT2D eigenvalue weighted by molar-refractivity contribution is 5.99. The Morgan fingerprint density at radius 2 is 1.76 bits per heavy atom. The molecule has 25 heavy (non-hydrogen) atoms. The summed E-state index contributed by atoms with van der Waals surface area (Å²) in [6.07, 6.45) is 0.805. The number of hydrogen-bond acceptors (Lipinski definition) is 3. The summed E-state index contributed by atoms with van der Waals surface area (Å²) in [5.41, 5.74) is 4.05. The van der Waals surface area contributed by atoms with Crippen molar-refractivity contribution < 1.29 is 9.59 Å². The number of amides is 2. The molecule has 2 aromatic rings. The number of nitrogens with one attached hydrogen (secondary N) is 1. The van der Waals surface area contributed by atoms with Crippen LogP contribution in [0.4, 0.5) is 11.4 Å². The van der Waals surface area contributed by atoms with Gasteiger partial charge in [-0.1, -0.05) is 30.3 Å². The third kappa shape index (κ3) is 3.36. The van der Waals surface area contributed by atoms with Gasteiger partial charge in [-0.3, -0.25) is 9.59 Å². The molecule has 2 heterocycles. The highest BCUT2D eigenvalue weighted by Crippen LogP contribution is 2.24. The maximum Gasteiger partial charge on any atom is 0.228 e. The smallest absolute Gasteiger partial charge is 0.228 e. The Labute approximate surface area is 147 Å². The molecule has 2 aliphatic heterocycles. The second-order valence-corrected chi connectivity index (χ2v) is 6.60. The first-order chi connectivity index (χ1) is 12.2. The fourth-order valence-electron chi connectivity index (χ4n) is 3.53. The molecule has 2 aromatic carbocycles. The molecule has 5 nitrogen and oxygen atoms in total. The van der Waals surface area contributed by atoms with Gasteiger partial charge in [-0.15, -0.1) is 0 Å². The van der Waals surface area contributed by atoms with Crippen molar-refractivity contribution in [2.45, 2.75) is 12.8 Å². The van der Waals surface area contributed by atoms with Gasteiger partial charge in [0, 0.05) is 37.6 Å². The predicted octanol–water partition coefficient (Wildman–Crippen LogP) is 2.07. The van der Waals surface area contributed by atoms with Crippen molar-refractivity contribution in [3.05, 3.63) is 59.7 Å². The normalized spacial score (nSPS) is 16.6. The van der Waals surface area contributed by atoms with Crippen LogP contribution >= 0.6 is 0 Å². The number of nitrogens with zero attached hydrogens (tertiary/aromatic N) is 2. The second-order valence-electron chi connectivity index (χ2n) is 6.60. The fourth-order valence-corrected chi connectivity index (χ4v) is 3.53. The molecule has 1 fully saturated rings. The maximum atomic E-state index is 12.6. The Balaban J connectivity index is 1.35. The number of fused-ring (bicyclic) bond motifs is 1. The third-order valence-corrected chi connectivity index (χ3v) is 4.90. The number of para-hydroxylation sites is 1. The largest absolute Gasteiger partial charge is 0.368 e. The quantitative estimate of drug-likeness (QED) is 0.934. The minimum Gasteiger partial charge on any atom is -0.368 e. The third-order valence-electron chi connectivity index (χ3n) is 4.90. The first kappa shape index (κ1) is 15.7. The Bertz CT molecular complexity index is 796. The SMILES string of the molecule is O=C1Cc2cc(CC(=O)N3CCN(c4ccccc4)CC3)ccc2N1. The average Bonchev–Trinajstić information content (AvgIpc) is 3.02. The van der Waals surface area contributed by atoms with Crippen molar-refractivity contribution in [1.29, 1.82) is 0 Å². The van der Waals surface area contributed by atoms with Crippen molar-refractivity contribution in [2.24, 2.45) is 0 Å². The zero-order valence-electron chi connectivity index (χ0n) is 14.1. The number of carbonyl (C=O) groups excluding carboxylic acids is 2. The summed E-state index contributed by atoms with van der Waals surface area (Å²) < 4.78 is 0. The number of piperazine rings is 1. The molecule has 0 aromatic heterocycles. The van der Waals surface area contributed by atoms with E-state index in [-0.39, 0.29) is 11.8 Å². The Kier molecular flexibility index (Phi) is 4.14. The predicted molar refractivity (Wildman–Crippen MR) is 97.7 cm³/mol. The van der Waals surface area contributed by atoms with Gasteiger partial charge in [0.15, 0.2) is 0 Å². The minimum absolute atomic E-state index is 0.0236. The topological polar surface area (TPSA) is 52.7 Å². The lowest BCUT2D eigenvalue weighted by Gasteiger charge is -2.36. The van der Waals surface area contributed by atoms with Gasteiger partial charge < -0.3 is 15.1 Å². The molecule has 4 rings (SSSR count). The molecule has 0 bridgehead atoms. The summed E-state index contributed by atoms with van der Waals surface area (Å²) in [6.45, 7) is 3.22. The van der Waals surface area contributed by atoms with E-state index in [0.29, 0.717) is 12.8 Å². The zero-order valence-corrected chi connectivity index (χ0v) is 14.1. The summed E-state index contributed by atoms with van der Waals surface area (Å²) in [7, 11) is 0. The number of hydrogen-bond donors (Lipinski definition) is 1.